The minimum atomic E-state index is -0.205. The Morgan fingerprint density at radius 2 is 2.06 bits per heavy atom. The van der Waals surface area contributed by atoms with Gasteiger partial charge in [-0.05, 0) is 26.2 Å². The first-order valence-electron chi connectivity index (χ1n) is 6.52. The molecule has 1 fully saturated rings. The Balaban J connectivity index is 2.21. The van der Waals surface area contributed by atoms with Crippen molar-refractivity contribution < 1.29 is 5.11 Å². The maximum atomic E-state index is 8.97. The van der Waals surface area contributed by atoms with E-state index >= 15 is 0 Å². The molecule has 0 amide bonds. The molecule has 0 radical (unpaired) electrons. The topological polar surface area (TPSA) is 77.0 Å². The molecule has 0 aromatic carbocycles. The number of hydrogen-bond donors (Lipinski definition) is 2. The van der Waals surface area contributed by atoms with Gasteiger partial charge in [-0.3, -0.25) is 0 Å². The molecule has 5 heteroatoms. The molecule has 96 valence electrons. The number of aryl methyl sites for hydroxylation is 1. The number of hydrogen-bond acceptors (Lipinski definition) is 4. The third kappa shape index (κ3) is 2.66. The van der Waals surface area contributed by atoms with Gasteiger partial charge in [0.15, 0.2) is 0 Å². The highest BCUT2D eigenvalue weighted by molar-refractivity contribution is 5.02. The Kier molecular flexibility index (Phi) is 4.12. The first-order chi connectivity index (χ1) is 8.24. The molecule has 1 aromatic rings. The minimum Gasteiger partial charge on any atom is -0.396 e. The van der Waals surface area contributed by atoms with Crippen LogP contribution in [0.5, 0.6) is 0 Å². The number of nitrogens with zero attached hydrogens (tertiary/aromatic N) is 3. The van der Waals surface area contributed by atoms with E-state index in [0.717, 1.165) is 11.6 Å². The summed E-state index contributed by atoms with van der Waals surface area (Å²) < 4.78 is 2.19. The Hall–Kier alpha value is -0.940. The molecule has 1 saturated carbocycles. The first kappa shape index (κ1) is 12.5. The van der Waals surface area contributed by atoms with Gasteiger partial charge >= 0.3 is 0 Å². The molecule has 3 N–H and O–H groups in total. The molecule has 1 atom stereocenters. The summed E-state index contributed by atoms with van der Waals surface area (Å²) in [5, 5.41) is 17.3. The summed E-state index contributed by atoms with van der Waals surface area (Å²) in [6.45, 7) is 2.08. The molecule has 1 heterocycles. The Bertz CT molecular complexity index is 357. The van der Waals surface area contributed by atoms with Crippen molar-refractivity contribution in [3.63, 3.8) is 0 Å². The van der Waals surface area contributed by atoms with Crippen molar-refractivity contribution in [2.45, 2.75) is 57.5 Å². The van der Waals surface area contributed by atoms with Crippen molar-refractivity contribution in [2.24, 2.45) is 5.73 Å². The molecule has 1 aliphatic rings. The van der Waals surface area contributed by atoms with Crippen LogP contribution in [0.25, 0.3) is 0 Å². The van der Waals surface area contributed by atoms with Crippen LogP contribution in [-0.2, 0) is 0 Å². The fourth-order valence-electron chi connectivity index (χ4n) is 2.70. The number of aliphatic hydroxyl groups is 1. The van der Waals surface area contributed by atoms with Gasteiger partial charge in [-0.2, -0.15) is 0 Å². The van der Waals surface area contributed by atoms with Gasteiger partial charge < -0.3 is 15.4 Å². The number of nitrogens with two attached hydrogens (primary N) is 1. The summed E-state index contributed by atoms with van der Waals surface area (Å²) in [6.07, 6.45) is 6.81. The van der Waals surface area contributed by atoms with Gasteiger partial charge in [-0.25, -0.2) is 0 Å². The summed E-state index contributed by atoms with van der Waals surface area (Å²) >= 11 is 0. The van der Waals surface area contributed by atoms with E-state index in [1.54, 1.807) is 0 Å². The zero-order valence-corrected chi connectivity index (χ0v) is 10.5. The van der Waals surface area contributed by atoms with Gasteiger partial charge in [-0.15, -0.1) is 10.2 Å². The van der Waals surface area contributed by atoms with Crippen molar-refractivity contribution in [3.8, 4) is 0 Å². The van der Waals surface area contributed by atoms with Gasteiger partial charge in [0.2, 0.25) is 0 Å². The van der Waals surface area contributed by atoms with Crippen LogP contribution in [0.2, 0.25) is 0 Å². The lowest BCUT2D eigenvalue weighted by atomic mass is 9.95. The summed E-state index contributed by atoms with van der Waals surface area (Å²) in [4.78, 5) is 0. The number of aliphatic hydroxyl groups excluding tert-OH is 1. The van der Waals surface area contributed by atoms with Crippen molar-refractivity contribution in [3.05, 3.63) is 11.6 Å². The highest BCUT2D eigenvalue weighted by Gasteiger charge is 2.23. The standard InChI is InChI=1S/C12H22N4O/c1-9-14-15-12(11(13)7-8-17)16(9)10-5-3-2-4-6-10/h10-11,17H,2-8,13H2,1H3. The average molecular weight is 238 g/mol. The molecule has 1 aliphatic carbocycles. The fraction of sp³-hybridized carbons (Fsp3) is 0.833. The smallest absolute Gasteiger partial charge is 0.150 e. The van der Waals surface area contributed by atoms with Gasteiger partial charge in [0.05, 0.1) is 6.04 Å². The van der Waals surface area contributed by atoms with Crippen LogP contribution in [0, 0.1) is 6.92 Å². The molecule has 2 rings (SSSR count). The molecule has 0 saturated heterocycles. The maximum Gasteiger partial charge on any atom is 0.150 e. The van der Waals surface area contributed by atoms with Crippen LogP contribution in [0.4, 0.5) is 0 Å². The lowest BCUT2D eigenvalue weighted by molar-refractivity contribution is 0.268. The molecule has 0 aliphatic heterocycles. The van der Waals surface area contributed by atoms with E-state index in [2.05, 4.69) is 14.8 Å². The highest BCUT2D eigenvalue weighted by atomic mass is 16.3. The van der Waals surface area contributed by atoms with E-state index in [4.69, 9.17) is 10.8 Å². The molecular formula is C12H22N4O. The fourth-order valence-corrected chi connectivity index (χ4v) is 2.70. The second-order valence-corrected chi connectivity index (χ2v) is 4.89. The van der Waals surface area contributed by atoms with Crippen molar-refractivity contribution in [1.29, 1.82) is 0 Å². The summed E-state index contributed by atoms with van der Waals surface area (Å²) in [5.74, 6) is 1.78. The molecule has 0 bridgehead atoms. The van der Waals surface area contributed by atoms with Crippen LogP contribution in [0.3, 0.4) is 0 Å². The zero-order valence-electron chi connectivity index (χ0n) is 10.5. The molecule has 0 spiro atoms. The predicted octanol–water partition coefficient (Wildman–Crippen LogP) is 1.47. The first-order valence-corrected chi connectivity index (χ1v) is 6.52. The van der Waals surface area contributed by atoms with Crippen LogP contribution in [-0.4, -0.2) is 26.5 Å². The maximum absolute atomic E-state index is 8.97. The lowest BCUT2D eigenvalue weighted by Crippen LogP contribution is -2.23. The van der Waals surface area contributed by atoms with E-state index in [1.807, 2.05) is 6.92 Å². The second kappa shape index (κ2) is 5.60. The van der Waals surface area contributed by atoms with Crippen molar-refractivity contribution in [1.82, 2.24) is 14.8 Å². The second-order valence-electron chi connectivity index (χ2n) is 4.89. The average Bonchev–Trinajstić information content (AvgIpc) is 2.73. The third-order valence-corrected chi connectivity index (χ3v) is 3.60. The van der Waals surface area contributed by atoms with Gasteiger partial charge in [0.1, 0.15) is 11.6 Å². The summed E-state index contributed by atoms with van der Waals surface area (Å²) in [6, 6.07) is 0.293. The molecule has 5 nitrogen and oxygen atoms in total. The number of aromatic nitrogens is 3. The summed E-state index contributed by atoms with van der Waals surface area (Å²) in [5.41, 5.74) is 6.04. The normalized spacial score (nSPS) is 19.5. The molecular weight excluding hydrogens is 216 g/mol. The van der Waals surface area contributed by atoms with E-state index in [0.29, 0.717) is 12.5 Å². The molecule has 1 unspecified atom stereocenters. The lowest BCUT2D eigenvalue weighted by Gasteiger charge is -2.26. The zero-order chi connectivity index (χ0) is 12.3. The Labute approximate surface area is 102 Å². The Morgan fingerprint density at radius 1 is 1.35 bits per heavy atom. The third-order valence-electron chi connectivity index (χ3n) is 3.60. The number of rotatable bonds is 4. The highest BCUT2D eigenvalue weighted by Crippen LogP contribution is 2.31. The van der Waals surface area contributed by atoms with E-state index in [9.17, 15) is 0 Å². The van der Waals surface area contributed by atoms with Crippen LogP contribution >= 0.6 is 0 Å². The van der Waals surface area contributed by atoms with E-state index in [-0.39, 0.29) is 12.6 Å². The quantitative estimate of drug-likeness (QED) is 0.832. The van der Waals surface area contributed by atoms with Gasteiger partial charge in [-0.1, -0.05) is 19.3 Å². The van der Waals surface area contributed by atoms with E-state index < -0.39 is 0 Å². The SMILES string of the molecule is Cc1nnc(C(N)CCO)n1C1CCCCC1. The molecule has 1 aromatic heterocycles. The van der Waals surface area contributed by atoms with E-state index in [1.165, 1.54) is 32.1 Å². The summed E-state index contributed by atoms with van der Waals surface area (Å²) in [7, 11) is 0. The van der Waals surface area contributed by atoms with Gasteiger partial charge in [0.25, 0.3) is 0 Å². The monoisotopic (exact) mass is 238 g/mol. The van der Waals surface area contributed by atoms with Crippen molar-refractivity contribution in [2.75, 3.05) is 6.61 Å². The Morgan fingerprint density at radius 3 is 2.71 bits per heavy atom. The largest absolute Gasteiger partial charge is 0.396 e. The van der Waals surface area contributed by atoms with Crippen molar-refractivity contribution >= 4 is 0 Å². The van der Waals surface area contributed by atoms with Crippen LogP contribution < -0.4 is 5.73 Å². The molecule has 17 heavy (non-hydrogen) atoms. The van der Waals surface area contributed by atoms with Gasteiger partial charge in [0, 0.05) is 12.6 Å². The van der Waals surface area contributed by atoms with Crippen LogP contribution in [0.1, 0.15) is 62.3 Å². The van der Waals surface area contributed by atoms with Crippen LogP contribution in [0.15, 0.2) is 0 Å². The predicted molar refractivity (Wildman–Crippen MR) is 65.5 cm³/mol. The minimum absolute atomic E-state index is 0.0950.